The van der Waals surface area contributed by atoms with Gasteiger partial charge in [0.25, 0.3) is 17.2 Å². The van der Waals surface area contributed by atoms with Gasteiger partial charge in [0, 0.05) is 12.6 Å². The molecule has 0 radical (unpaired) electrons. The average molecular weight is 436 g/mol. The van der Waals surface area contributed by atoms with E-state index in [1.165, 1.54) is 0 Å². The molecule has 1 fully saturated rings. The van der Waals surface area contributed by atoms with Gasteiger partial charge in [-0.2, -0.15) is 4.98 Å². The first kappa shape index (κ1) is 20.7. The van der Waals surface area contributed by atoms with Gasteiger partial charge in [-0.15, -0.1) is 0 Å². The normalized spacial score (nSPS) is 14.7. The van der Waals surface area contributed by atoms with Gasteiger partial charge in [0.15, 0.2) is 5.76 Å². The van der Waals surface area contributed by atoms with Gasteiger partial charge in [-0.25, -0.2) is 0 Å². The van der Waals surface area contributed by atoms with E-state index < -0.39 is 0 Å². The molecule has 1 N–H and O–H groups in total. The molecule has 1 aromatic heterocycles. The molecule has 4 rings (SSSR count). The number of nitrogens with one attached hydrogen (secondary N) is 1. The van der Waals surface area contributed by atoms with Crippen molar-refractivity contribution in [1.82, 2.24) is 10.3 Å². The van der Waals surface area contributed by atoms with Crippen molar-refractivity contribution >= 4 is 35.0 Å². The molecule has 158 valence electrons. The fraction of sp³-hybridized carbons (Fsp3) is 0.174. The van der Waals surface area contributed by atoms with Gasteiger partial charge in [-0.05, 0) is 42.5 Å². The van der Waals surface area contributed by atoms with Crippen molar-refractivity contribution < 1.29 is 18.7 Å². The van der Waals surface area contributed by atoms with Crippen LogP contribution in [0.25, 0.3) is 17.4 Å². The second-order valence-electron chi connectivity index (χ2n) is 6.97. The Morgan fingerprint density at radius 1 is 1.13 bits per heavy atom. The van der Waals surface area contributed by atoms with Gasteiger partial charge in [0.1, 0.15) is 12.4 Å². The zero-order valence-corrected chi connectivity index (χ0v) is 17.9. The van der Waals surface area contributed by atoms with E-state index in [0.29, 0.717) is 29.8 Å². The lowest BCUT2D eigenvalue weighted by Crippen LogP contribution is -2.24. The van der Waals surface area contributed by atoms with Crippen LogP contribution in [0, 0.1) is 6.92 Å². The summed E-state index contributed by atoms with van der Waals surface area (Å²) < 4.78 is 11.8. The molecular weight excluding hydrogens is 414 g/mol. The zero-order valence-electron chi connectivity index (χ0n) is 17.1. The molecule has 1 aliphatic rings. The van der Waals surface area contributed by atoms with Crippen LogP contribution in [0.2, 0.25) is 0 Å². The zero-order chi connectivity index (χ0) is 21.8. The Kier molecular flexibility index (Phi) is 6.08. The van der Waals surface area contributed by atoms with Crippen LogP contribution in [0.3, 0.4) is 0 Å². The molecule has 0 aliphatic carbocycles. The number of rotatable bonds is 7. The van der Waals surface area contributed by atoms with Crippen molar-refractivity contribution in [1.29, 1.82) is 0 Å². The van der Waals surface area contributed by atoms with E-state index in [2.05, 4.69) is 10.3 Å². The number of carbonyl (C=O) groups is 2. The van der Waals surface area contributed by atoms with E-state index >= 15 is 0 Å². The van der Waals surface area contributed by atoms with E-state index in [9.17, 15) is 9.59 Å². The van der Waals surface area contributed by atoms with Crippen LogP contribution in [0.1, 0.15) is 11.3 Å². The first-order valence-corrected chi connectivity index (χ1v) is 10.5. The number of thioether (sulfide) groups is 1. The predicted molar refractivity (Wildman–Crippen MR) is 121 cm³/mol. The number of hydrogen-bond donors (Lipinski definition) is 1. The van der Waals surface area contributed by atoms with E-state index in [4.69, 9.17) is 9.15 Å². The van der Waals surface area contributed by atoms with Crippen LogP contribution < -0.4 is 15.0 Å². The molecule has 3 aromatic rings. The Balaban J connectivity index is 1.32. The number of carbonyl (C=O) groups excluding carboxylic acids is 2. The number of ether oxygens (including phenoxy) is 1. The number of amides is 2. The van der Waals surface area contributed by atoms with Gasteiger partial charge in [-0.3, -0.25) is 14.9 Å². The van der Waals surface area contributed by atoms with Crippen molar-refractivity contribution in [2.75, 3.05) is 25.1 Å². The number of benzene rings is 2. The van der Waals surface area contributed by atoms with Gasteiger partial charge in [-0.1, -0.05) is 42.5 Å². The molecule has 7 nitrogen and oxygen atoms in total. The smallest absolute Gasteiger partial charge is 0.297 e. The quantitative estimate of drug-likeness (QED) is 0.547. The van der Waals surface area contributed by atoms with Crippen LogP contribution in [-0.2, 0) is 4.79 Å². The molecule has 0 saturated carbocycles. The van der Waals surface area contributed by atoms with Crippen LogP contribution in [0.15, 0.2) is 63.9 Å². The third-order valence-electron chi connectivity index (χ3n) is 4.66. The fourth-order valence-corrected chi connectivity index (χ4v) is 3.71. The molecule has 8 heteroatoms. The molecule has 1 saturated heterocycles. The summed E-state index contributed by atoms with van der Waals surface area (Å²) in [6.07, 6.45) is 1.68. The van der Waals surface area contributed by atoms with Crippen molar-refractivity contribution in [3.05, 3.63) is 70.8 Å². The maximum Gasteiger partial charge on any atom is 0.297 e. The lowest BCUT2D eigenvalue weighted by atomic mass is 10.1. The highest BCUT2D eigenvalue weighted by Crippen LogP contribution is 2.28. The molecule has 2 aromatic carbocycles. The summed E-state index contributed by atoms with van der Waals surface area (Å²) in [6, 6.07) is 17.8. The van der Waals surface area contributed by atoms with Crippen LogP contribution >= 0.6 is 11.8 Å². The highest BCUT2D eigenvalue weighted by molar-refractivity contribution is 8.18. The molecule has 0 spiro atoms. The van der Waals surface area contributed by atoms with Gasteiger partial charge in [0.05, 0.1) is 17.1 Å². The molecule has 1 aliphatic heterocycles. The van der Waals surface area contributed by atoms with Crippen LogP contribution in [0.5, 0.6) is 5.75 Å². The molecule has 31 heavy (non-hydrogen) atoms. The Hall–Kier alpha value is -3.52. The number of hydrogen-bond acceptors (Lipinski definition) is 7. The SMILES string of the molecule is Cc1nc(N(C)CCOc2ccc(C=C3SC(=O)NC3=O)cc2)oc1-c1ccccc1. The van der Waals surface area contributed by atoms with Crippen molar-refractivity contribution in [2.45, 2.75) is 6.92 Å². The first-order chi connectivity index (χ1) is 15.0. The number of aryl methyl sites for hydroxylation is 1. The number of imide groups is 1. The number of oxazole rings is 1. The summed E-state index contributed by atoms with van der Waals surface area (Å²) in [5, 5.41) is 1.89. The predicted octanol–water partition coefficient (Wildman–Crippen LogP) is 4.49. The summed E-state index contributed by atoms with van der Waals surface area (Å²) in [7, 11) is 1.91. The minimum absolute atomic E-state index is 0.350. The number of aromatic nitrogens is 1. The Bertz CT molecular complexity index is 1120. The summed E-state index contributed by atoms with van der Waals surface area (Å²) >= 11 is 0.899. The van der Waals surface area contributed by atoms with Gasteiger partial charge >= 0.3 is 0 Å². The minimum atomic E-state index is -0.365. The number of anilines is 1. The number of likely N-dealkylation sites (N-methyl/N-ethyl adjacent to an activating group) is 1. The van der Waals surface area contributed by atoms with E-state index in [1.807, 2.05) is 73.5 Å². The minimum Gasteiger partial charge on any atom is -0.492 e. The van der Waals surface area contributed by atoms with Crippen LogP contribution in [0.4, 0.5) is 10.8 Å². The third kappa shape index (κ3) is 4.97. The van der Waals surface area contributed by atoms with Crippen LogP contribution in [-0.4, -0.2) is 36.3 Å². The second-order valence-corrected chi connectivity index (χ2v) is 7.98. The Morgan fingerprint density at radius 2 is 1.87 bits per heavy atom. The first-order valence-electron chi connectivity index (χ1n) is 9.71. The molecular formula is C23H21N3O4S. The van der Waals surface area contributed by atoms with E-state index in [0.717, 1.165) is 34.3 Å². The summed E-state index contributed by atoms with van der Waals surface area (Å²) in [4.78, 5) is 29.7. The fourth-order valence-electron chi connectivity index (χ4n) is 3.03. The molecule has 2 amide bonds. The third-order valence-corrected chi connectivity index (χ3v) is 5.47. The largest absolute Gasteiger partial charge is 0.492 e. The molecule has 0 atom stereocenters. The van der Waals surface area contributed by atoms with Crippen molar-refractivity contribution in [3.63, 3.8) is 0 Å². The lowest BCUT2D eigenvalue weighted by Gasteiger charge is -2.15. The molecule has 2 heterocycles. The Labute approximate surface area is 184 Å². The van der Waals surface area contributed by atoms with Gasteiger partial charge < -0.3 is 14.1 Å². The summed E-state index contributed by atoms with van der Waals surface area (Å²) in [5.41, 5.74) is 2.66. The van der Waals surface area contributed by atoms with Crippen molar-refractivity contribution in [3.8, 4) is 17.1 Å². The van der Waals surface area contributed by atoms with Crippen molar-refractivity contribution in [2.24, 2.45) is 0 Å². The highest BCUT2D eigenvalue weighted by atomic mass is 32.2. The maximum absolute atomic E-state index is 11.6. The van der Waals surface area contributed by atoms with E-state index in [1.54, 1.807) is 6.08 Å². The van der Waals surface area contributed by atoms with E-state index in [-0.39, 0.29) is 11.1 Å². The lowest BCUT2D eigenvalue weighted by molar-refractivity contribution is -0.115. The topological polar surface area (TPSA) is 84.7 Å². The maximum atomic E-state index is 11.6. The monoisotopic (exact) mass is 435 g/mol. The molecule has 0 bridgehead atoms. The molecule has 0 unspecified atom stereocenters. The van der Waals surface area contributed by atoms with Gasteiger partial charge in [0.2, 0.25) is 0 Å². The second kappa shape index (κ2) is 9.09. The highest BCUT2D eigenvalue weighted by Gasteiger charge is 2.24. The average Bonchev–Trinajstić information content (AvgIpc) is 3.31. The number of nitrogens with zero attached hydrogens (tertiary/aromatic N) is 2. The summed E-state index contributed by atoms with van der Waals surface area (Å²) in [6.45, 7) is 2.98. The Morgan fingerprint density at radius 3 is 2.55 bits per heavy atom. The standard InChI is InChI=1S/C23H21N3O4S/c1-15-20(17-6-4-3-5-7-17)30-22(24-15)26(2)12-13-29-18-10-8-16(9-11-18)14-19-21(27)25-23(28)31-19/h3-11,14H,12-13H2,1-2H3,(H,25,27,28). The summed E-state index contributed by atoms with van der Waals surface area (Å²) in [5.74, 6) is 1.11.